The van der Waals surface area contributed by atoms with Gasteiger partial charge in [0.05, 0.1) is 24.6 Å². The van der Waals surface area contributed by atoms with Crippen molar-refractivity contribution >= 4 is 24.1 Å². The smallest absolute Gasteiger partial charge is 0.320 e. The quantitative estimate of drug-likeness (QED) is 0.299. The summed E-state index contributed by atoms with van der Waals surface area (Å²) in [5.74, 6) is 2.06. The Morgan fingerprint density at radius 3 is 2.66 bits per heavy atom. The average Bonchev–Trinajstić information content (AvgIpc) is 3.42. The van der Waals surface area contributed by atoms with Crippen LogP contribution in [0.25, 0.3) is 5.69 Å². The summed E-state index contributed by atoms with van der Waals surface area (Å²) < 4.78 is 13.2. The molecule has 0 radical (unpaired) electrons. The van der Waals surface area contributed by atoms with Crippen LogP contribution in [0.3, 0.4) is 0 Å². The van der Waals surface area contributed by atoms with Gasteiger partial charge in [0, 0.05) is 54.5 Å². The van der Waals surface area contributed by atoms with E-state index in [1.165, 1.54) is 0 Å². The third-order valence-corrected chi connectivity index (χ3v) is 6.51. The van der Waals surface area contributed by atoms with E-state index >= 15 is 0 Å². The predicted octanol–water partition coefficient (Wildman–Crippen LogP) is 4.72. The van der Waals surface area contributed by atoms with Crippen molar-refractivity contribution in [3.05, 3.63) is 83.7 Å². The molecule has 11 nitrogen and oxygen atoms in total. The highest BCUT2D eigenvalue weighted by atomic mass is 16.5. The molecule has 4 aromatic rings. The Kier molecular flexibility index (Phi) is 8.25. The molecule has 0 aliphatic carbocycles. The number of anilines is 2. The van der Waals surface area contributed by atoms with E-state index in [-0.39, 0.29) is 12.0 Å². The SMILES string of the molecule is CC(C)(C)c1cc(NC(=O)NCc2ccccc2Oc2ccnc(N3CCOCC3)n2)n(-c2cccc(C=O)c2)n1. The summed E-state index contributed by atoms with van der Waals surface area (Å²) in [6, 6.07) is 17.6. The summed E-state index contributed by atoms with van der Waals surface area (Å²) in [5.41, 5.74) is 2.50. The maximum absolute atomic E-state index is 13.0. The Balaban J connectivity index is 1.29. The van der Waals surface area contributed by atoms with Gasteiger partial charge in [-0.05, 0) is 18.2 Å². The predicted molar refractivity (Wildman–Crippen MR) is 155 cm³/mol. The summed E-state index contributed by atoms with van der Waals surface area (Å²) in [7, 11) is 0. The van der Waals surface area contributed by atoms with E-state index in [1.807, 2.05) is 57.2 Å². The van der Waals surface area contributed by atoms with Crippen molar-refractivity contribution in [1.29, 1.82) is 0 Å². The number of ether oxygens (including phenoxy) is 2. The standard InChI is InChI=1S/C30H33N7O4/c1-30(2,3)25-18-26(37(35-25)23-9-6-7-21(17-23)20-38)33-29(39)32-19-22-8-4-5-10-24(22)41-27-11-12-31-28(34-27)36-13-15-40-16-14-36/h4-12,17-18,20H,13-16,19H2,1-3H3,(H2,32,33,39). The first-order valence-electron chi connectivity index (χ1n) is 13.4. The summed E-state index contributed by atoms with van der Waals surface area (Å²) in [6.45, 7) is 9.06. The van der Waals surface area contributed by atoms with Crippen molar-refractivity contribution < 1.29 is 19.1 Å². The van der Waals surface area contributed by atoms with Gasteiger partial charge in [0.2, 0.25) is 11.8 Å². The maximum Gasteiger partial charge on any atom is 0.320 e. The van der Waals surface area contributed by atoms with E-state index < -0.39 is 6.03 Å². The Labute approximate surface area is 238 Å². The lowest BCUT2D eigenvalue weighted by atomic mass is 9.92. The summed E-state index contributed by atoms with van der Waals surface area (Å²) in [5, 5.41) is 10.5. The van der Waals surface area contributed by atoms with Gasteiger partial charge in [0.15, 0.2) is 0 Å². The van der Waals surface area contributed by atoms with Crippen LogP contribution in [0, 0.1) is 0 Å². The number of carbonyl (C=O) groups excluding carboxylic acids is 2. The number of nitrogens with one attached hydrogen (secondary N) is 2. The molecule has 3 heterocycles. The van der Waals surface area contributed by atoms with Gasteiger partial charge in [0.1, 0.15) is 17.9 Å². The van der Waals surface area contributed by atoms with Gasteiger partial charge < -0.3 is 19.7 Å². The number of aldehydes is 1. The lowest BCUT2D eigenvalue weighted by Gasteiger charge is -2.26. The molecule has 5 rings (SSSR count). The van der Waals surface area contributed by atoms with Gasteiger partial charge in [-0.15, -0.1) is 0 Å². The molecule has 0 spiro atoms. The van der Waals surface area contributed by atoms with Crippen LogP contribution < -0.4 is 20.3 Å². The third-order valence-electron chi connectivity index (χ3n) is 6.51. The fourth-order valence-electron chi connectivity index (χ4n) is 4.27. The van der Waals surface area contributed by atoms with Crippen LogP contribution in [0.2, 0.25) is 0 Å². The monoisotopic (exact) mass is 555 g/mol. The van der Waals surface area contributed by atoms with E-state index in [4.69, 9.17) is 14.6 Å². The molecule has 1 fully saturated rings. The summed E-state index contributed by atoms with van der Waals surface area (Å²) in [4.78, 5) is 35.4. The van der Waals surface area contributed by atoms with E-state index in [1.54, 1.807) is 35.1 Å². The van der Waals surface area contributed by atoms with Crippen molar-refractivity contribution in [1.82, 2.24) is 25.1 Å². The van der Waals surface area contributed by atoms with E-state index in [9.17, 15) is 9.59 Å². The van der Waals surface area contributed by atoms with Crippen LogP contribution in [-0.2, 0) is 16.7 Å². The molecule has 2 amide bonds. The van der Waals surface area contributed by atoms with Gasteiger partial charge in [-0.25, -0.2) is 14.5 Å². The minimum atomic E-state index is -0.412. The topological polar surface area (TPSA) is 123 Å². The fraction of sp³-hybridized carbons (Fsp3) is 0.300. The molecule has 0 bridgehead atoms. The molecule has 0 unspecified atom stereocenters. The zero-order valence-corrected chi connectivity index (χ0v) is 23.3. The van der Waals surface area contributed by atoms with Gasteiger partial charge in [-0.3, -0.25) is 10.1 Å². The summed E-state index contributed by atoms with van der Waals surface area (Å²) >= 11 is 0. The number of para-hydroxylation sites is 1. The first kappa shape index (κ1) is 27.8. The van der Waals surface area contributed by atoms with Crippen molar-refractivity contribution in [2.75, 3.05) is 36.5 Å². The number of amides is 2. The number of rotatable bonds is 8. The third kappa shape index (κ3) is 6.87. The molecular weight excluding hydrogens is 522 g/mol. The number of hydrogen-bond donors (Lipinski definition) is 2. The molecule has 0 saturated carbocycles. The Hall–Kier alpha value is -4.77. The summed E-state index contributed by atoms with van der Waals surface area (Å²) in [6.07, 6.45) is 2.45. The van der Waals surface area contributed by atoms with Crippen LogP contribution in [0.5, 0.6) is 11.6 Å². The van der Waals surface area contributed by atoms with E-state index in [0.717, 1.165) is 30.6 Å². The Morgan fingerprint density at radius 1 is 1.07 bits per heavy atom. The van der Waals surface area contributed by atoms with Crippen LogP contribution >= 0.6 is 0 Å². The zero-order valence-electron chi connectivity index (χ0n) is 23.3. The molecule has 212 valence electrons. The zero-order chi connectivity index (χ0) is 28.8. The van der Waals surface area contributed by atoms with Crippen LogP contribution in [0.15, 0.2) is 66.9 Å². The highest BCUT2D eigenvalue weighted by Crippen LogP contribution is 2.27. The number of nitrogens with zero attached hydrogens (tertiary/aromatic N) is 5. The average molecular weight is 556 g/mol. The number of benzene rings is 2. The molecule has 1 aliphatic heterocycles. The van der Waals surface area contributed by atoms with Crippen molar-refractivity contribution in [3.8, 4) is 17.3 Å². The van der Waals surface area contributed by atoms with Gasteiger partial charge in [0.25, 0.3) is 0 Å². The van der Waals surface area contributed by atoms with E-state index in [0.29, 0.717) is 47.9 Å². The fourth-order valence-corrected chi connectivity index (χ4v) is 4.27. The van der Waals surface area contributed by atoms with Crippen molar-refractivity contribution in [2.45, 2.75) is 32.7 Å². The Morgan fingerprint density at radius 2 is 1.88 bits per heavy atom. The van der Waals surface area contributed by atoms with Crippen LogP contribution in [-0.4, -0.2) is 58.4 Å². The first-order chi connectivity index (χ1) is 19.8. The van der Waals surface area contributed by atoms with Crippen LogP contribution in [0.4, 0.5) is 16.6 Å². The molecule has 1 aliphatic rings. The molecule has 0 atom stereocenters. The lowest BCUT2D eigenvalue weighted by Crippen LogP contribution is -2.37. The van der Waals surface area contributed by atoms with Crippen molar-refractivity contribution in [3.63, 3.8) is 0 Å². The highest BCUT2D eigenvalue weighted by Gasteiger charge is 2.22. The van der Waals surface area contributed by atoms with Gasteiger partial charge in [-0.1, -0.05) is 51.1 Å². The molecule has 41 heavy (non-hydrogen) atoms. The number of aromatic nitrogens is 4. The first-order valence-corrected chi connectivity index (χ1v) is 13.4. The van der Waals surface area contributed by atoms with E-state index in [2.05, 4.69) is 25.5 Å². The lowest BCUT2D eigenvalue weighted by molar-refractivity contribution is 0.112. The number of morpholine rings is 1. The largest absolute Gasteiger partial charge is 0.439 e. The second-order valence-corrected chi connectivity index (χ2v) is 10.6. The molecule has 2 N–H and O–H groups in total. The maximum atomic E-state index is 13.0. The molecule has 1 saturated heterocycles. The molecular formula is C30H33N7O4. The second-order valence-electron chi connectivity index (χ2n) is 10.6. The molecule has 11 heteroatoms. The minimum Gasteiger partial charge on any atom is -0.439 e. The molecule has 2 aromatic carbocycles. The highest BCUT2D eigenvalue weighted by molar-refractivity contribution is 5.89. The van der Waals surface area contributed by atoms with Gasteiger partial charge >= 0.3 is 6.03 Å². The number of hydrogen-bond acceptors (Lipinski definition) is 8. The normalized spacial score (nSPS) is 13.5. The van der Waals surface area contributed by atoms with Crippen LogP contribution in [0.1, 0.15) is 42.4 Å². The second kappa shape index (κ2) is 12.2. The minimum absolute atomic E-state index is 0.213. The number of carbonyl (C=O) groups is 2. The van der Waals surface area contributed by atoms with Gasteiger partial charge in [-0.2, -0.15) is 10.1 Å². The number of urea groups is 1. The molecule has 2 aromatic heterocycles. The Bertz CT molecular complexity index is 1520. The van der Waals surface area contributed by atoms with Crippen molar-refractivity contribution in [2.24, 2.45) is 0 Å².